The summed E-state index contributed by atoms with van der Waals surface area (Å²) >= 11 is 0. The number of halogens is 1. The number of aliphatic carboxylic acids is 1. The molecule has 2 N–H and O–H groups in total. The summed E-state index contributed by atoms with van der Waals surface area (Å²) < 4.78 is 23.5. The summed E-state index contributed by atoms with van der Waals surface area (Å²) in [5, 5.41) is 18.1. The Morgan fingerprint density at radius 1 is 1.44 bits per heavy atom. The van der Waals surface area contributed by atoms with Crippen LogP contribution >= 0.6 is 0 Å². The van der Waals surface area contributed by atoms with Crippen LogP contribution in [0.4, 0.5) is 4.39 Å². The second kappa shape index (κ2) is 3.88. The summed E-state index contributed by atoms with van der Waals surface area (Å²) in [7, 11) is 0. The molecule has 1 aromatic rings. The van der Waals surface area contributed by atoms with Gasteiger partial charge in [0.2, 0.25) is 0 Å². The van der Waals surface area contributed by atoms with Crippen LogP contribution in [0.1, 0.15) is 5.56 Å². The predicted octanol–water partition coefficient (Wildman–Crippen LogP) is 0.930. The van der Waals surface area contributed by atoms with E-state index in [1.165, 1.54) is 0 Å². The number of hydrogen-bond donors (Lipinski definition) is 2. The Bertz CT molecular complexity index is 443. The molecule has 0 spiro atoms. The zero-order chi connectivity index (χ0) is 11.7. The molecule has 0 aromatic heterocycles. The molecule has 0 bridgehead atoms. The maximum Gasteiger partial charge on any atom is 0.308 e. The Balaban J connectivity index is 2.54. The summed E-state index contributed by atoms with van der Waals surface area (Å²) in [6.45, 7) is 0.508. The molecule has 86 valence electrons. The van der Waals surface area contributed by atoms with Crippen molar-refractivity contribution in [3.05, 3.63) is 17.4 Å². The molecule has 2 rings (SSSR count). The number of carbonyl (C=O) groups is 1. The van der Waals surface area contributed by atoms with Gasteiger partial charge in [-0.15, -0.1) is 0 Å². The highest BCUT2D eigenvalue weighted by Gasteiger charge is 2.24. The molecule has 0 aliphatic carbocycles. The highest BCUT2D eigenvalue weighted by Crippen LogP contribution is 2.41. The normalized spacial score (nSPS) is 13.6. The highest BCUT2D eigenvalue weighted by molar-refractivity contribution is 5.74. The van der Waals surface area contributed by atoms with Crippen LogP contribution in [-0.4, -0.2) is 29.4 Å². The van der Waals surface area contributed by atoms with Gasteiger partial charge in [-0.25, -0.2) is 4.39 Å². The van der Waals surface area contributed by atoms with E-state index in [1.54, 1.807) is 0 Å². The highest BCUT2D eigenvalue weighted by atomic mass is 19.1. The van der Waals surface area contributed by atoms with E-state index in [-0.39, 0.29) is 30.3 Å². The van der Waals surface area contributed by atoms with Gasteiger partial charge < -0.3 is 19.7 Å². The van der Waals surface area contributed by atoms with Gasteiger partial charge in [-0.05, 0) is 0 Å². The molecule has 1 aromatic carbocycles. The topological polar surface area (TPSA) is 76.0 Å². The predicted molar refractivity (Wildman–Crippen MR) is 50.4 cm³/mol. The molecule has 16 heavy (non-hydrogen) atoms. The minimum Gasteiger partial charge on any atom is -0.505 e. The SMILES string of the molecule is O=C(O)Cc1c(O)c(F)cc2c1OCCO2. The lowest BCUT2D eigenvalue weighted by Crippen LogP contribution is -2.18. The first-order valence-electron chi connectivity index (χ1n) is 4.61. The molecule has 0 saturated heterocycles. The largest absolute Gasteiger partial charge is 0.505 e. The minimum absolute atomic E-state index is 0.0952. The first-order valence-corrected chi connectivity index (χ1v) is 4.61. The van der Waals surface area contributed by atoms with E-state index < -0.39 is 24.0 Å². The van der Waals surface area contributed by atoms with Crippen LogP contribution in [0, 0.1) is 5.82 Å². The molecule has 0 unspecified atom stereocenters. The van der Waals surface area contributed by atoms with Crippen molar-refractivity contribution < 1.29 is 28.9 Å². The van der Waals surface area contributed by atoms with Crippen molar-refractivity contribution in [2.45, 2.75) is 6.42 Å². The number of carboxylic acids is 1. The van der Waals surface area contributed by atoms with Crippen LogP contribution in [0.3, 0.4) is 0 Å². The zero-order valence-electron chi connectivity index (χ0n) is 8.20. The van der Waals surface area contributed by atoms with E-state index in [1.807, 2.05) is 0 Å². The first-order chi connectivity index (χ1) is 7.59. The van der Waals surface area contributed by atoms with Crippen LogP contribution in [0.15, 0.2) is 6.07 Å². The molecular weight excluding hydrogens is 219 g/mol. The molecule has 0 radical (unpaired) electrons. The van der Waals surface area contributed by atoms with Crippen LogP contribution in [0.5, 0.6) is 17.2 Å². The van der Waals surface area contributed by atoms with E-state index in [4.69, 9.17) is 14.6 Å². The maximum atomic E-state index is 13.2. The molecule has 0 saturated carbocycles. The van der Waals surface area contributed by atoms with Crippen LogP contribution < -0.4 is 9.47 Å². The first kappa shape index (κ1) is 10.5. The minimum atomic E-state index is -1.18. The fourth-order valence-electron chi connectivity index (χ4n) is 1.53. The molecular formula is C10H9FO5. The van der Waals surface area contributed by atoms with E-state index in [2.05, 4.69) is 0 Å². The van der Waals surface area contributed by atoms with Crippen molar-refractivity contribution >= 4 is 5.97 Å². The van der Waals surface area contributed by atoms with Crippen molar-refractivity contribution in [1.29, 1.82) is 0 Å². The molecule has 6 heteroatoms. The lowest BCUT2D eigenvalue weighted by molar-refractivity contribution is -0.136. The van der Waals surface area contributed by atoms with Gasteiger partial charge in [-0.2, -0.15) is 0 Å². The summed E-state index contributed by atoms with van der Waals surface area (Å²) in [6, 6.07) is 0.981. The second-order valence-corrected chi connectivity index (χ2v) is 3.28. The van der Waals surface area contributed by atoms with E-state index in [9.17, 15) is 14.3 Å². The number of fused-ring (bicyclic) bond motifs is 1. The van der Waals surface area contributed by atoms with E-state index >= 15 is 0 Å². The Morgan fingerprint density at radius 2 is 2.12 bits per heavy atom. The molecule has 1 aliphatic heterocycles. The molecule has 5 nitrogen and oxygen atoms in total. The Morgan fingerprint density at radius 3 is 2.81 bits per heavy atom. The molecule has 0 atom stereocenters. The van der Waals surface area contributed by atoms with Gasteiger partial charge in [0, 0.05) is 6.07 Å². The number of carboxylic acid groups (broad SMARTS) is 1. The average Bonchev–Trinajstić information content (AvgIpc) is 2.24. The van der Waals surface area contributed by atoms with Crippen LogP contribution in [-0.2, 0) is 11.2 Å². The standard InChI is InChI=1S/C10H9FO5/c11-6-4-7-10(16-2-1-15-7)5(9(6)14)3-8(12)13/h4,14H,1-3H2,(H,12,13). The van der Waals surface area contributed by atoms with Crippen LogP contribution in [0.25, 0.3) is 0 Å². The van der Waals surface area contributed by atoms with Crippen molar-refractivity contribution in [2.75, 3.05) is 13.2 Å². The number of hydrogen-bond acceptors (Lipinski definition) is 4. The summed E-state index contributed by atoms with van der Waals surface area (Å²) in [4.78, 5) is 10.6. The van der Waals surface area contributed by atoms with Crippen molar-refractivity contribution in [3.8, 4) is 17.2 Å². The van der Waals surface area contributed by atoms with Gasteiger partial charge in [-0.1, -0.05) is 0 Å². The van der Waals surface area contributed by atoms with Gasteiger partial charge in [0.15, 0.2) is 23.1 Å². The number of phenols is 1. The quantitative estimate of drug-likeness (QED) is 0.787. The van der Waals surface area contributed by atoms with E-state index in [0.717, 1.165) is 6.07 Å². The van der Waals surface area contributed by atoms with Gasteiger partial charge in [0.05, 0.1) is 12.0 Å². The molecule has 1 heterocycles. The monoisotopic (exact) mass is 228 g/mol. The van der Waals surface area contributed by atoms with Gasteiger partial charge in [0.1, 0.15) is 13.2 Å². The average molecular weight is 228 g/mol. The number of ether oxygens (including phenoxy) is 2. The Kier molecular flexibility index (Phi) is 2.55. The van der Waals surface area contributed by atoms with Gasteiger partial charge in [0.25, 0.3) is 0 Å². The third-order valence-electron chi connectivity index (χ3n) is 2.18. The van der Waals surface area contributed by atoms with Crippen LogP contribution in [0.2, 0.25) is 0 Å². The fraction of sp³-hybridized carbons (Fsp3) is 0.300. The van der Waals surface area contributed by atoms with Gasteiger partial charge in [-0.3, -0.25) is 4.79 Å². The Labute approximate surface area is 90.0 Å². The molecule has 0 fully saturated rings. The molecule has 0 amide bonds. The summed E-state index contributed by atoms with van der Waals surface area (Å²) in [6.07, 6.45) is -0.519. The Hall–Kier alpha value is -1.98. The maximum absolute atomic E-state index is 13.2. The third kappa shape index (κ3) is 1.73. The van der Waals surface area contributed by atoms with Gasteiger partial charge >= 0.3 is 5.97 Å². The molecule has 1 aliphatic rings. The number of phenolic OH excluding ortho intramolecular Hbond substituents is 1. The van der Waals surface area contributed by atoms with E-state index in [0.29, 0.717) is 0 Å². The van der Waals surface area contributed by atoms with Crippen molar-refractivity contribution in [3.63, 3.8) is 0 Å². The number of rotatable bonds is 2. The second-order valence-electron chi connectivity index (χ2n) is 3.28. The summed E-state index contributed by atoms with van der Waals surface area (Å²) in [5.41, 5.74) is -0.0952. The fourth-order valence-corrected chi connectivity index (χ4v) is 1.53. The number of aromatic hydroxyl groups is 1. The zero-order valence-corrected chi connectivity index (χ0v) is 8.20. The number of benzene rings is 1. The third-order valence-corrected chi connectivity index (χ3v) is 2.18. The smallest absolute Gasteiger partial charge is 0.308 e. The lowest BCUT2D eigenvalue weighted by Gasteiger charge is -2.21. The van der Waals surface area contributed by atoms with Crippen molar-refractivity contribution in [2.24, 2.45) is 0 Å². The summed E-state index contributed by atoms with van der Waals surface area (Å²) in [5.74, 6) is -2.57. The lowest BCUT2D eigenvalue weighted by atomic mass is 10.1. The van der Waals surface area contributed by atoms with Crippen molar-refractivity contribution in [1.82, 2.24) is 0 Å².